The van der Waals surface area contributed by atoms with Crippen molar-refractivity contribution in [3.05, 3.63) is 72.9 Å². The molecule has 1 atom stereocenters. The van der Waals surface area contributed by atoms with Crippen LogP contribution in [0.4, 0.5) is 0 Å². The van der Waals surface area contributed by atoms with Gasteiger partial charge in [0.1, 0.15) is 13.2 Å². The van der Waals surface area contributed by atoms with Gasteiger partial charge in [-0.2, -0.15) is 0 Å². The molecule has 0 saturated heterocycles. The van der Waals surface area contributed by atoms with Crippen LogP contribution in [0.25, 0.3) is 0 Å². The van der Waals surface area contributed by atoms with Crippen LogP contribution >= 0.6 is 0 Å². The number of carbonyl (C=O) groups is 3. The van der Waals surface area contributed by atoms with Gasteiger partial charge >= 0.3 is 17.9 Å². The number of rotatable bonds is 52. The molecule has 0 aromatic rings. The van der Waals surface area contributed by atoms with Gasteiger partial charge in [-0.25, -0.2) is 0 Å². The van der Waals surface area contributed by atoms with Crippen molar-refractivity contribution in [2.45, 2.75) is 290 Å². The van der Waals surface area contributed by atoms with Gasteiger partial charge in [0.2, 0.25) is 0 Å². The Morgan fingerprint density at radius 1 is 0.309 bits per heavy atom. The molecule has 68 heavy (non-hydrogen) atoms. The zero-order valence-corrected chi connectivity index (χ0v) is 44.9. The molecule has 0 aliphatic carbocycles. The predicted molar refractivity (Wildman–Crippen MR) is 293 cm³/mol. The largest absolute Gasteiger partial charge is 0.462 e. The lowest BCUT2D eigenvalue weighted by atomic mass is 10.0. The maximum absolute atomic E-state index is 12.8. The number of allylic oxidation sites excluding steroid dienone is 12. The van der Waals surface area contributed by atoms with Gasteiger partial charge < -0.3 is 14.2 Å². The summed E-state index contributed by atoms with van der Waals surface area (Å²) in [7, 11) is 0. The molecule has 392 valence electrons. The fourth-order valence-electron chi connectivity index (χ4n) is 8.11. The third-order valence-electron chi connectivity index (χ3n) is 12.4. The molecule has 0 aromatic heterocycles. The molecule has 6 heteroatoms. The standard InChI is InChI=1S/C62H108O6/c1-4-7-10-13-16-18-20-22-24-26-28-30-31-33-34-36-38-40-42-44-46-49-52-55-61(64)67-58-59(57-66-60(63)54-51-48-15-12-9-6-3)68-62(65)56-53-50-47-45-43-41-39-37-35-32-29-27-25-23-21-19-17-14-11-8-5-2/h8,11,17,19,23,25-26,28-29,32,37,39,59H,4-7,9-10,12-16,18,20-22,24,27,30-31,33-36,38,40-58H2,1-3H3/b11-8-,19-17-,25-23-,28-26-,32-29-,39-37-. The van der Waals surface area contributed by atoms with Gasteiger partial charge in [0.05, 0.1) is 0 Å². The minimum Gasteiger partial charge on any atom is -0.462 e. The Labute approximate surface area is 421 Å². The summed E-state index contributed by atoms with van der Waals surface area (Å²) >= 11 is 0. The molecule has 0 bridgehead atoms. The number of unbranched alkanes of at least 4 members (excludes halogenated alkanes) is 29. The van der Waals surface area contributed by atoms with Crippen LogP contribution in [0.5, 0.6) is 0 Å². The predicted octanol–water partition coefficient (Wildman–Crippen LogP) is 19.4. The van der Waals surface area contributed by atoms with E-state index in [4.69, 9.17) is 14.2 Å². The van der Waals surface area contributed by atoms with Crippen LogP contribution in [0.15, 0.2) is 72.9 Å². The Morgan fingerprint density at radius 2 is 0.574 bits per heavy atom. The molecule has 0 heterocycles. The van der Waals surface area contributed by atoms with E-state index >= 15 is 0 Å². The Kier molecular flexibility index (Phi) is 53.8. The number of carbonyl (C=O) groups excluding carboxylic acids is 3. The average Bonchev–Trinajstić information content (AvgIpc) is 3.34. The Hall–Kier alpha value is -3.15. The van der Waals surface area contributed by atoms with E-state index in [1.54, 1.807) is 0 Å². The first-order valence-electron chi connectivity index (χ1n) is 28.9. The molecule has 0 aliphatic rings. The highest BCUT2D eigenvalue weighted by atomic mass is 16.6. The summed E-state index contributed by atoms with van der Waals surface area (Å²) in [4.78, 5) is 37.9. The van der Waals surface area contributed by atoms with E-state index in [1.165, 1.54) is 135 Å². The quantitative estimate of drug-likeness (QED) is 0.0262. The van der Waals surface area contributed by atoms with E-state index < -0.39 is 6.10 Å². The number of esters is 3. The van der Waals surface area contributed by atoms with E-state index in [2.05, 4.69) is 93.7 Å². The van der Waals surface area contributed by atoms with Gasteiger partial charge in [-0.1, -0.05) is 248 Å². The van der Waals surface area contributed by atoms with Crippen LogP contribution in [0, 0.1) is 0 Å². The number of hydrogen-bond acceptors (Lipinski definition) is 6. The molecule has 0 rings (SSSR count). The third kappa shape index (κ3) is 53.8. The molecule has 0 spiro atoms. The first-order valence-corrected chi connectivity index (χ1v) is 28.9. The molecule has 0 amide bonds. The van der Waals surface area contributed by atoms with E-state index in [9.17, 15) is 14.4 Å². The highest BCUT2D eigenvalue weighted by Crippen LogP contribution is 2.15. The third-order valence-corrected chi connectivity index (χ3v) is 12.4. The van der Waals surface area contributed by atoms with Gasteiger partial charge in [-0.15, -0.1) is 0 Å². The minimum absolute atomic E-state index is 0.0826. The fourth-order valence-corrected chi connectivity index (χ4v) is 8.11. The summed E-state index contributed by atoms with van der Waals surface area (Å²) in [6.45, 7) is 6.47. The lowest BCUT2D eigenvalue weighted by Crippen LogP contribution is -2.30. The first-order chi connectivity index (χ1) is 33.5. The molecule has 0 N–H and O–H groups in total. The van der Waals surface area contributed by atoms with Crippen LogP contribution in [0.1, 0.15) is 284 Å². The molecular weight excluding hydrogens is 841 g/mol. The molecule has 0 aliphatic heterocycles. The van der Waals surface area contributed by atoms with Crippen LogP contribution in [-0.4, -0.2) is 37.2 Å². The van der Waals surface area contributed by atoms with Crippen molar-refractivity contribution in [3.8, 4) is 0 Å². The molecular formula is C62H108O6. The van der Waals surface area contributed by atoms with Crippen LogP contribution in [-0.2, 0) is 28.6 Å². The minimum atomic E-state index is -0.783. The first kappa shape index (κ1) is 64.8. The fraction of sp³-hybridized carbons (Fsp3) is 0.758. The zero-order valence-electron chi connectivity index (χ0n) is 44.9. The topological polar surface area (TPSA) is 78.9 Å². The molecule has 0 fully saturated rings. The van der Waals surface area contributed by atoms with E-state index in [0.717, 1.165) is 109 Å². The zero-order chi connectivity index (χ0) is 49.3. The van der Waals surface area contributed by atoms with Crippen molar-refractivity contribution >= 4 is 17.9 Å². The van der Waals surface area contributed by atoms with Gasteiger partial charge in [0, 0.05) is 19.3 Å². The summed E-state index contributed by atoms with van der Waals surface area (Å²) in [5.74, 6) is -0.905. The van der Waals surface area contributed by atoms with Gasteiger partial charge in [0.15, 0.2) is 6.10 Å². The van der Waals surface area contributed by atoms with Crippen LogP contribution in [0.3, 0.4) is 0 Å². The van der Waals surface area contributed by atoms with Crippen molar-refractivity contribution in [2.75, 3.05) is 13.2 Å². The van der Waals surface area contributed by atoms with Crippen LogP contribution in [0.2, 0.25) is 0 Å². The summed E-state index contributed by atoms with van der Waals surface area (Å²) in [6, 6.07) is 0. The molecule has 0 aromatic carbocycles. The highest BCUT2D eigenvalue weighted by Gasteiger charge is 2.19. The normalized spacial score (nSPS) is 12.6. The lowest BCUT2D eigenvalue weighted by Gasteiger charge is -2.18. The van der Waals surface area contributed by atoms with Crippen molar-refractivity contribution in [1.82, 2.24) is 0 Å². The Bertz CT molecular complexity index is 1270. The van der Waals surface area contributed by atoms with E-state index in [0.29, 0.717) is 19.3 Å². The molecule has 0 radical (unpaired) electrons. The second-order valence-electron chi connectivity index (χ2n) is 19.2. The van der Waals surface area contributed by atoms with Crippen molar-refractivity contribution < 1.29 is 28.6 Å². The second-order valence-corrected chi connectivity index (χ2v) is 19.2. The van der Waals surface area contributed by atoms with Gasteiger partial charge in [-0.3, -0.25) is 14.4 Å². The number of ether oxygens (including phenoxy) is 3. The van der Waals surface area contributed by atoms with Gasteiger partial charge in [0.25, 0.3) is 0 Å². The van der Waals surface area contributed by atoms with Crippen molar-refractivity contribution in [1.29, 1.82) is 0 Å². The van der Waals surface area contributed by atoms with Crippen molar-refractivity contribution in [2.24, 2.45) is 0 Å². The summed E-state index contributed by atoms with van der Waals surface area (Å²) in [5.41, 5.74) is 0. The maximum atomic E-state index is 12.8. The summed E-state index contributed by atoms with van der Waals surface area (Å²) < 4.78 is 16.8. The highest BCUT2D eigenvalue weighted by molar-refractivity contribution is 5.71. The Morgan fingerprint density at radius 3 is 0.912 bits per heavy atom. The SMILES string of the molecule is CC/C=C\C/C=C\C/C=C\C/C=C\C/C=C\CCCCCCCC(=O)OC(COC(=O)CCCCCCCC)COC(=O)CCCCCCCCCCCCC/C=C\CCCCCCCCCC. The Balaban J connectivity index is 4.17. The number of hydrogen-bond donors (Lipinski definition) is 0. The van der Waals surface area contributed by atoms with E-state index in [-0.39, 0.29) is 31.1 Å². The lowest BCUT2D eigenvalue weighted by molar-refractivity contribution is -0.167. The summed E-state index contributed by atoms with van der Waals surface area (Å²) in [5, 5.41) is 0. The maximum Gasteiger partial charge on any atom is 0.306 e. The monoisotopic (exact) mass is 949 g/mol. The smallest absolute Gasteiger partial charge is 0.306 e. The molecule has 0 saturated carbocycles. The average molecular weight is 950 g/mol. The van der Waals surface area contributed by atoms with E-state index in [1.807, 2.05) is 0 Å². The molecule has 1 unspecified atom stereocenters. The second kappa shape index (κ2) is 56.4. The van der Waals surface area contributed by atoms with Gasteiger partial charge in [-0.05, 0) is 89.9 Å². The summed E-state index contributed by atoms with van der Waals surface area (Å²) in [6.07, 6.45) is 72.1. The van der Waals surface area contributed by atoms with Crippen molar-refractivity contribution in [3.63, 3.8) is 0 Å². The molecule has 6 nitrogen and oxygen atoms in total. The van der Waals surface area contributed by atoms with Crippen LogP contribution < -0.4 is 0 Å².